The smallest absolute Gasteiger partial charge is 0.450 e. The van der Waals surface area contributed by atoms with Crippen LogP contribution in [0.15, 0.2) is 72.3 Å². The fourth-order valence-electron chi connectivity index (χ4n) is 7.93. The first-order valence-corrected chi connectivity index (χ1v) is 18.3. The first-order chi connectivity index (χ1) is 25.0. The summed E-state index contributed by atoms with van der Waals surface area (Å²) in [6.07, 6.45) is -1.12. The second-order valence-corrected chi connectivity index (χ2v) is 14.9. The van der Waals surface area contributed by atoms with E-state index in [9.17, 15) is 37.4 Å². The third-order valence-electron chi connectivity index (χ3n) is 10.9. The van der Waals surface area contributed by atoms with Crippen LogP contribution in [0, 0.1) is 11.2 Å². The van der Waals surface area contributed by atoms with Crippen molar-refractivity contribution in [1.82, 2.24) is 4.90 Å². The van der Waals surface area contributed by atoms with Gasteiger partial charge in [0.05, 0.1) is 24.9 Å². The monoisotopic (exact) mass is 759 g/mol. The van der Waals surface area contributed by atoms with Crippen molar-refractivity contribution in [1.29, 1.82) is 0 Å². The van der Waals surface area contributed by atoms with Gasteiger partial charge in [0, 0.05) is 34.5 Å². The number of Topliss-reactive ketones (excluding diaryl/α,β-unsaturated/α-hetero) is 1. The number of carbonyl (C=O) groups excluding carboxylic acids is 2. The molecule has 0 aliphatic heterocycles. The van der Waals surface area contributed by atoms with Crippen molar-refractivity contribution >= 4 is 23.5 Å². The molecule has 286 valence electrons. The van der Waals surface area contributed by atoms with Crippen molar-refractivity contribution in [3.05, 3.63) is 111 Å². The quantitative estimate of drug-likeness (QED) is 0.128. The highest BCUT2D eigenvalue weighted by Crippen LogP contribution is 2.59. The number of nitrogens with zero attached hydrogens (tertiary/aromatic N) is 1. The molecule has 3 aromatic carbocycles. The first-order valence-electron chi connectivity index (χ1n) is 17.9. The molecular formula is C41H46ClF4NO6. The molecule has 0 radical (unpaired) electrons. The Morgan fingerprint density at radius 2 is 1.79 bits per heavy atom. The maximum atomic E-state index is 14.9. The zero-order chi connectivity index (χ0) is 38.6. The minimum atomic E-state index is -4.85. The molecule has 12 heteroatoms. The summed E-state index contributed by atoms with van der Waals surface area (Å²) in [6.45, 7) is 5.48. The van der Waals surface area contributed by atoms with Crippen molar-refractivity contribution in [3.8, 4) is 5.75 Å². The molecule has 2 bridgehead atoms. The number of alkyl halides is 3. The number of halogens is 5. The van der Waals surface area contributed by atoms with Crippen LogP contribution in [0.25, 0.3) is 0 Å². The summed E-state index contributed by atoms with van der Waals surface area (Å²) in [6, 6.07) is 14.9. The second-order valence-electron chi connectivity index (χ2n) is 14.5. The predicted octanol–water partition coefficient (Wildman–Crippen LogP) is 9.50. The average molecular weight is 760 g/mol. The Balaban J connectivity index is 1.54. The lowest BCUT2D eigenvalue weighted by Crippen LogP contribution is -2.53. The summed E-state index contributed by atoms with van der Waals surface area (Å²) >= 11 is 6.33. The number of benzene rings is 3. The number of fused-ring (bicyclic) bond motifs is 8. The number of hydrogen-bond acceptors (Lipinski definition) is 6. The molecule has 1 fully saturated rings. The second kappa shape index (κ2) is 16.6. The van der Waals surface area contributed by atoms with E-state index in [-0.39, 0.29) is 54.8 Å². The van der Waals surface area contributed by atoms with Gasteiger partial charge in [0.2, 0.25) is 0 Å². The summed E-state index contributed by atoms with van der Waals surface area (Å²) in [4.78, 5) is 29.0. The zero-order valence-electron chi connectivity index (χ0n) is 30.1. The van der Waals surface area contributed by atoms with Crippen molar-refractivity contribution in [2.75, 3.05) is 13.2 Å². The number of aliphatic hydroxyl groups is 2. The van der Waals surface area contributed by atoms with E-state index in [1.54, 1.807) is 13.0 Å². The van der Waals surface area contributed by atoms with Crippen LogP contribution in [-0.4, -0.2) is 58.2 Å². The SMILES string of the molecule is CCOC(=O)N(Cc1ccc(OC(F)(F)F)cc1)C[C@]1(O)CC[C@H]2c3ccc(cc3C(=O)Cc3c(F)cccc3Cl)C[C@@H](O)CCC(C)=CCC[C@@]21C. The number of ether oxygens (including phenoxy) is 2. The molecule has 53 heavy (non-hydrogen) atoms. The first kappa shape index (κ1) is 40.3. The Hall–Kier alpha value is -3.93. The molecule has 0 saturated heterocycles. The van der Waals surface area contributed by atoms with Gasteiger partial charge in [0.1, 0.15) is 11.6 Å². The van der Waals surface area contributed by atoms with E-state index in [4.69, 9.17) is 16.3 Å². The van der Waals surface area contributed by atoms with Gasteiger partial charge in [-0.2, -0.15) is 0 Å². The molecule has 3 aromatic rings. The van der Waals surface area contributed by atoms with Gasteiger partial charge in [-0.3, -0.25) is 4.79 Å². The Labute approximate surface area is 312 Å². The minimum Gasteiger partial charge on any atom is -0.450 e. The minimum absolute atomic E-state index is 0.0582. The molecule has 2 N–H and O–H groups in total. The lowest BCUT2D eigenvalue weighted by molar-refractivity contribution is -0.274. The highest BCUT2D eigenvalue weighted by Gasteiger charge is 2.57. The number of aliphatic hydroxyl groups excluding tert-OH is 1. The summed E-state index contributed by atoms with van der Waals surface area (Å²) in [5.74, 6) is -1.72. The molecule has 7 nitrogen and oxygen atoms in total. The van der Waals surface area contributed by atoms with Crippen LogP contribution < -0.4 is 4.74 Å². The maximum Gasteiger partial charge on any atom is 0.573 e. The van der Waals surface area contributed by atoms with E-state index in [1.165, 1.54) is 35.2 Å². The number of amides is 1. The van der Waals surface area contributed by atoms with Gasteiger partial charge < -0.3 is 24.6 Å². The molecule has 3 aliphatic carbocycles. The predicted molar refractivity (Wildman–Crippen MR) is 193 cm³/mol. The van der Waals surface area contributed by atoms with Crippen LogP contribution in [0.5, 0.6) is 5.75 Å². The molecule has 0 unspecified atom stereocenters. The van der Waals surface area contributed by atoms with Gasteiger partial charge in [0.25, 0.3) is 0 Å². The molecule has 4 atom stereocenters. The third-order valence-corrected chi connectivity index (χ3v) is 11.2. The molecule has 0 heterocycles. The van der Waals surface area contributed by atoms with E-state index in [1.807, 2.05) is 26.0 Å². The molecule has 3 aliphatic rings. The van der Waals surface area contributed by atoms with Gasteiger partial charge in [-0.05, 0) is 112 Å². The number of allylic oxidation sites excluding steroid dienone is 2. The summed E-state index contributed by atoms with van der Waals surface area (Å²) in [7, 11) is 0. The molecule has 0 aromatic heterocycles. The Morgan fingerprint density at radius 1 is 1.06 bits per heavy atom. The van der Waals surface area contributed by atoms with Gasteiger partial charge in [-0.1, -0.05) is 60.5 Å². The van der Waals surface area contributed by atoms with Crippen LogP contribution in [0.2, 0.25) is 5.02 Å². The summed E-state index contributed by atoms with van der Waals surface area (Å²) < 4.78 is 62.6. The maximum absolute atomic E-state index is 14.9. The van der Waals surface area contributed by atoms with Crippen LogP contribution >= 0.6 is 11.6 Å². The van der Waals surface area contributed by atoms with Gasteiger partial charge in [0.15, 0.2) is 5.78 Å². The number of ketones is 1. The third kappa shape index (κ3) is 9.60. The van der Waals surface area contributed by atoms with E-state index < -0.39 is 41.1 Å². The lowest BCUT2D eigenvalue weighted by Gasteiger charge is -2.46. The zero-order valence-corrected chi connectivity index (χ0v) is 30.9. The molecule has 0 spiro atoms. The average Bonchev–Trinajstić information content (AvgIpc) is 3.34. The number of hydrogen-bond donors (Lipinski definition) is 2. The van der Waals surface area contributed by atoms with Crippen molar-refractivity contribution in [2.24, 2.45) is 5.41 Å². The highest BCUT2D eigenvalue weighted by atomic mass is 35.5. The Kier molecular flexibility index (Phi) is 12.6. The van der Waals surface area contributed by atoms with Crippen molar-refractivity contribution in [2.45, 2.75) is 103 Å². The normalized spacial score (nSPS) is 23.5. The number of rotatable bonds is 9. The topological polar surface area (TPSA) is 96.3 Å². The van der Waals surface area contributed by atoms with Crippen LogP contribution in [0.4, 0.5) is 22.4 Å². The summed E-state index contributed by atoms with van der Waals surface area (Å²) in [5.41, 5.74) is 1.07. The Morgan fingerprint density at radius 3 is 2.47 bits per heavy atom. The standard InChI is InChI=1S/C41H46ClF4NO6/c1-4-52-38(50)47(24-27-11-15-30(16-12-27)53-41(44,45)46)25-40(51)20-18-34-31-17-13-28(21-29(48)14-10-26(2)7-6-19-39(34,40)3)22-32(31)37(49)23-33-35(42)8-5-9-36(33)43/h5,7-9,11-13,15-17,22,29,34,48,51H,4,6,10,14,18-21,23-25H2,1-3H3/t29-,34-,39-,40+/m0/s1. The highest BCUT2D eigenvalue weighted by molar-refractivity contribution is 6.31. The van der Waals surface area contributed by atoms with E-state index in [2.05, 4.69) is 10.8 Å². The van der Waals surface area contributed by atoms with E-state index >= 15 is 0 Å². The lowest BCUT2D eigenvalue weighted by atomic mass is 9.64. The van der Waals surface area contributed by atoms with Gasteiger partial charge in [-0.15, -0.1) is 13.2 Å². The van der Waals surface area contributed by atoms with Crippen molar-refractivity contribution < 1.29 is 46.8 Å². The van der Waals surface area contributed by atoms with E-state index in [0.717, 1.165) is 23.3 Å². The fourth-order valence-corrected chi connectivity index (χ4v) is 8.16. The van der Waals surface area contributed by atoms with Crippen LogP contribution in [-0.2, 0) is 24.1 Å². The molecule has 1 saturated carbocycles. The molecule has 6 rings (SSSR count). The number of carbonyl (C=O) groups is 2. The Bertz CT molecular complexity index is 1790. The summed E-state index contributed by atoms with van der Waals surface area (Å²) in [5, 5.41) is 23.8. The van der Waals surface area contributed by atoms with E-state index in [0.29, 0.717) is 55.2 Å². The molecule has 1 amide bonds. The fraction of sp³-hybridized carbons (Fsp3) is 0.463. The van der Waals surface area contributed by atoms with Crippen LogP contribution in [0.1, 0.15) is 97.8 Å². The van der Waals surface area contributed by atoms with Crippen molar-refractivity contribution in [3.63, 3.8) is 0 Å². The van der Waals surface area contributed by atoms with Gasteiger partial charge >= 0.3 is 12.5 Å². The molecular weight excluding hydrogens is 714 g/mol. The van der Waals surface area contributed by atoms with Crippen LogP contribution in [0.3, 0.4) is 0 Å². The van der Waals surface area contributed by atoms with Gasteiger partial charge in [-0.25, -0.2) is 9.18 Å². The largest absolute Gasteiger partial charge is 0.573 e.